The average molecular weight is 123 g/mol. The lowest BCUT2D eigenvalue weighted by Crippen LogP contribution is -2.23. The Balaban J connectivity index is 2.63. The van der Waals surface area contributed by atoms with Gasteiger partial charge in [-0.15, -0.1) is 0 Å². The predicted molar refractivity (Wildman–Crippen MR) is 40.1 cm³/mol. The Kier molecular flexibility index (Phi) is 2.06. The largest absolute Gasteiger partial charge is 0.324 e. The number of rotatable bonds is 1. The standard InChI is InChI=1S/C8H13N/c1-2-7-5-3-4-6-8(7)9/h2,5,8H,1,3-4,6,9H2. The first-order valence-electron chi connectivity index (χ1n) is 3.42. The Bertz CT molecular complexity index is 136. The maximum Gasteiger partial charge on any atom is 0.0291 e. The van der Waals surface area contributed by atoms with Crippen molar-refractivity contribution in [3.63, 3.8) is 0 Å². The van der Waals surface area contributed by atoms with Gasteiger partial charge in [0.25, 0.3) is 0 Å². The highest BCUT2D eigenvalue weighted by molar-refractivity contribution is 5.23. The zero-order valence-electron chi connectivity index (χ0n) is 5.64. The van der Waals surface area contributed by atoms with E-state index >= 15 is 0 Å². The summed E-state index contributed by atoms with van der Waals surface area (Å²) in [6.07, 6.45) is 7.58. The van der Waals surface area contributed by atoms with Crippen molar-refractivity contribution >= 4 is 0 Å². The molecule has 1 aliphatic carbocycles. The second kappa shape index (κ2) is 2.83. The number of hydrogen-bond donors (Lipinski definition) is 1. The van der Waals surface area contributed by atoms with Crippen LogP contribution in [-0.2, 0) is 0 Å². The van der Waals surface area contributed by atoms with E-state index in [9.17, 15) is 0 Å². The van der Waals surface area contributed by atoms with Crippen LogP contribution in [0.5, 0.6) is 0 Å². The van der Waals surface area contributed by atoms with E-state index in [1.54, 1.807) is 0 Å². The van der Waals surface area contributed by atoms with Crippen molar-refractivity contribution in [1.29, 1.82) is 0 Å². The molecule has 0 bridgehead atoms. The topological polar surface area (TPSA) is 26.0 Å². The summed E-state index contributed by atoms with van der Waals surface area (Å²) in [7, 11) is 0. The molecule has 1 nitrogen and oxygen atoms in total. The van der Waals surface area contributed by atoms with E-state index in [2.05, 4.69) is 12.7 Å². The van der Waals surface area contributed by atoms with Crippen molar-refractivity contribution in [2.45, 2.75) is 25.3 Å². The Labute approximate surface area is 56.2 Å². The molecule has 9 heavy (non-hydrogen) atoms. The van der Waals surface area contributed by atoms with Gasteiger partial charge >= 0.3 is 0 Å². The van der Waals surface area contributed by atoms with E-state index in [1.807, 2.05) is 6.08 Å². The van der Waals surface area contributed by atoms with Crippen molar-refractivity contribution in [2.75, 3.05) is 0 Å². The maximum absolute atomic E-state index is 5.75. The third-order valence-electron chi connectivity index (χ3n) is 1.76. The molecule has 1 heteroatoms. The van der Waals surface area contributed by atoms with Gasteiger partial charge in [0.2, 0.25) is 0 Å². The highest BCUT2D eigenvalue weighted by Crippen LogP contribution is 2.16. The SMILES string of the molecule is C=CC1=CCCCC1N. The molecule has 0 radical (unpaired) electrons. The molecular weight excluding hydrogens is 110 g/mol. The molecule has 0 aliphatic heterocycles. The quantitative estimate of drug-likeness (QED) is 0.563. The van der Waals surface area contributed by atoms with Crippen LogP contribution < -0.4 is 5.73 Å². The van der Waals surface area contributed by atoms with Crippen molar-refractivity contribution < 1.29 is 0 Å². The molecule has 0 saturated heterocycles. The third-order valence-corrected chi connectivity index (χ3v) is 1.76. The molecule has 0 fully saturated rings. The smallest absolute Gasteiger partial charge is 0.0291 e. The summed E-state index contributed by atoms with van der Waals surface area (Å²) in [5, 5.41) is 0. The third kappa shape index (κ3) is 1.42. The number of hydrogen-bond acceptors (Lipinski definition) is 1. The molecule has 0 aromatic rings. The van der Waals surface area contributed by atoms with Crippen molar-refractivity contribution in [1.82, 2.24) is 0 Å². The lowest BCUT2D eigenvalue weighted by molar-refractivity contribution is 0.626. The molecule has 0 heterocycles. The number of allylic oxidation sites excluding steroid dienone is 1. The van der Waals surface area contributed by atoms with Crippen LogP contribution in [0.15, 0.2) is 24.3 Å². The lowest BCUT2D eigenvalue weighted by atomic mass is 9.95. The Morgan fingerprint density at radius 3 is 3.00 bits per heavy atom. The van der Waals surface area contributed by atoms with Gasteiger partial charge < -0.3 is 5.73 Å². The molecular formula is C8H13N. The van der Waals surface area contributed by atoms with Gasteiger partial charge in [-0.25, -0.2) is 0 Å². The summed E-state index contributed by atoms with van der Waals surface area (Å²) in [5.74, 6) is 0. The average Bonchev–Trinajstić information content (AvgIpc) is 1.89. The first-order valence-corrected chi connectivity index (χ1v) is 3.42. The van der Waals surface area contributed by atoms with Gasteiger partial charge in [0.1, 0.15) is 0 Å². The van der Waals surface area contributed by atoms with Gasteiger partial charge in [0, 0.05) is 6.04 Å². The van der Waals surface area contributed by atoms with Gasteiger partial charge in [0.15, 0.2) is 0 Å². The van der Waals surface area contributed by atoms with Crippen LogP contribution in [-0.4, -0.2) is 6.04 Å². The molecule has 0 saturated carbocycles. The first-order chi connectivity index (χ1) is 4.34. The highest BCUT2D eigenvalue weighted by Gasteiger charge is 2.08. The molecule has 0 amide bonds. The fraction of sp³-hybridized carbons (Fsp3) is 0.500. The molecule has 2 N–H and O–H groups in total. The Morgan fingerprint density at radius 1 is 1.78 bits per heavy atom. The summed E-state index contributed by atoms with van der Waals surface area (Å²) in [5.41, 5.74) is 6.97. The molecule has 50 valence electrons. The minimum absolute atomic E-state index is 0.260. The fourth-order valence-electron chi connectivity index (χ4n) is 1.16. The zero-order chi connectivity index (χ0) is 6.69. The summed E-state index contributed by atoms with van der Waals surface area (Å²) in [6, 6.07) is 0.260. The summed E-state index contributed by atoms with van der Waals surface area (Å²) in [4.78, 5) is 0. The normalized spacial score (nSPS) is 27.2. The summed E-state index contributed by atoms with van der Waals surface area (Å²) < 4.78 is 0. The van der Waals surface area contributed by atoms with E-state index < -0.39 is 0 Å². The van der Waals surface area contributed by atoms with E-state index in [-0.39, 0.29) is 6.04 Å². The minimum atomic E-state index is 0.260. The van der Waals surface area contributed by atoms with Crippen molar-refractivity contribution in [3.8, 4) is 0 Å². The van der Waals surface area contributed by atoms with Crippen LogP contribution in [0.1, 0.15) is 19.3 Å². The zero-order valence-corrected chi connectivity index (χ0v) is 5.64. The van der Waals surface area contributed by atoms with Crippen LogP contribution in [0.3, 0.4) is 0 Å². The minimum Gasteiger partial charge on any atom is -0.324 e. The van der Waals surface area contributed by atoms with E-state index in [0.29, 0.717) is 0 Å². The van der Waals surface area contributed by atoms with Crippen molar-refractivity contribution in [3.05, 3.63) is 24.3 Å². The van der Waals surface area contributed by atoms with Crippen LogP contribution in [0.4, 0.5) is 0 Å². The van der Waals surface area contributed by atoms with Crippen molar-refractivity contribution in [2.24, 2.45) is 5.73 Å². The van der Waals surface area contributed by atoms with Crippen LogP contribution in [0, 0.1) is 0 Å². The second-order valence-electron chi connectivity index (χ2n) is 2.45. The first kappa shape index (κ1) is 6.56. The van der Waals surface area contributed by atoms with Crippen LogP contribution in [0.25, 0.3) is 0 Å². The van der Waals surface area contributed by atoms with Crippen LogP contribution in [0.2, 0.25) is 0 Å². The maximum atomic E-state index is 5.75. The fourth-order valence-corrected chi connectivity index (χ4v) is 1.16. The van der Waals surface area contributed by atoms with Gasteiger partial charge in [0.05, 0.1) is 0 Å². The molecule has 1 rings (SSSR count). The van der Waals surface area contributed by atoms with Gasteiger partial charge in [-0.05, 0) is 24.8 Å². The number of nitrogens with two attached hydrogens (primary N) is 1. The van der Waals surface area contributed by atoms with Crippen LogP contribution >= 0.6 is 0 Å². The molecule has 0 aromatic carbocycles. The highest BCUT2D eigenvalue weighted by atomic mass is 14.6. The molecule has 0 aromatic heterocycles. The second-order valence-corrected chi connectivity index (χ2v) is 2.45. The lowest BCUT2D eigenvalue weighted by Gasteiger charge is -2.16. The van der Waals surface area contributed by atoms with Gasteiger partial charge in [-0.3, -0.25) is 0 Å². The monoisotopic (exact) mass is 123 g/mol. The summed E-state index contributed by atoms with van der Waals surface area (Å²) >= 11 is 0. The van der Waals surface area contributed by atoms with E-state index in [0.717, 1.165) is 6.42 Å². The Morgan fingerprint density at radius 2 is 2.56 bits per heavy atom. The molecule has 1 aliphatic rings. The molecule has 1 atom stereocenters. The summed E-state index contributed by atoms with van der Waals surface area (Å²) in [6.45, 7) is 3.69. The van der Waals surface area contributed by atoms with Gasteiger partial charge in [-0.1, -0.05) is 18.7 Å². The van der Waals surface area contributed by atoms with E-state index in [4.69, 9.17) is 5.73 Å². The molecule has 0 spiro atoms. The molecule has 1 unspecified atom stereocenters. The predicted octanol–water partition coefficient (Wildman–Crippen LogP) is 1.61. The Hall–Kier alpha value is -0.560. The van der Waals surface area contributed by atoms with Gasteiger partial charge in [-0.2, -0.15) is 0 Å². The van der Waals surface area contributed by atoms with E-state index in [1.165, 1.54) is 18.4 Å².